The predicted octanol–water partition coefficient (Wildman–Crippen LogP) is 2.03. The highest BCUT2D eigenvalue weighted by atomic mass is 16.3. The number of amides is 2. The van der Waals surface area contributed by atoms with Gasteiger partial charge >= 0.3 is 0 Å². The van der Waals surface area contributed by atoms with Crippen LogP contribution in [0.15, 0.2) is 48.5 Å². The van der Waals surface area contributed by atoms with Crippen molar-refractivity contribution in [3.8, 4) is 0 Å². The number of carbonyl (C=O) groups excluding carboxylic acids is 2. The van der Waals surface area contributed by atoms with Crippen molar-refractivity contribution in [1.29, 1.82) is 0 Å². The van der Waals surface area contributed by atoms with Crippen LogP contribution in [0.3, 0.4) is 0 Å². The van der Waals surface area contributed by atoms with E-state index in [9.17, 15) is 14.7 Å². The number of benzene rings is 2. The van der Waals surface area contributed by atoms with Crippen LogP contribution in [0.1, 0.15) is 34.5 Å². The largest absolute Gasteiger partial charge is 0.390 e. The Morgan fingerprint density at radius 2 is 1.91 bits per heavy atom. The van der Waals surface area contributed by atoms with E-state index in [0.29, 0.717) is 17.7 Å². The van der Waals surface area contributed by atoms with Gasteiger partial charge in [0.15, 0.2) is 0 Å². The van der Waals surface area contributed by atoms with Gasteiger partial charge in [-0.05, 0) is 29.3 Å². The zero-order valence-corrected chi connectivity index (χ0v) is 12.7. The van der Waals surface area contributed by atoms with Crippen molar-refractivity contribution < 1.29 is 14.7 Å². The van der Waals surface area contributed by atoms with Gasteiger partial charge in [0.05, 0.1) is 12.1 Å². The Hall–Kier alpha value is -2.66. The molecule has 1 aliphatic rings. The Balaban J connectivity index is 1.78. The Morgan fingerprint density at radius 3 is 2.70 bits per heavy atom. The van der Waals surface area contributed by atoms with E-state index in [4.69, 9.17) is 0 Å². The zero-order valence-electron chi connectivity index (χ0n) is 12.7. The lowest BCUT2D eigenvalue weighted by Crippen LogP contribution is -2.33. The van der Waals surface area contributed by atoms with Gasteiger partial charge in [0, 0.05) is 24.6 Å². The molecule has 0 radical (unpaired) electrons. The van der Waals surface area contributed by atoms with E-state index >= 15 is 0 Å². The zero-order chi connectivity index (χ0) is 16.4. The van der Waals surface area contributed by atoms with Crippen LogP contribution < -0.4 is 10.6 Å². The van der Waals surface area contributed by atoms with Gasteiger partial charge in [0.2, 0.25) is 5.91 Å². The molecule has 3 N–H and O–H groups in total. The fourth-order valence-corrected chi connectivity index (χ4v) is 2.91. The second-order valence-electron chi connectivity index (χ2n) is 5.68. The summed E-state index contributed by atoms with van der Waals surface area (Å²) in [5, 5.41) is 15.7. The minimum absolute atomic E-state index is 0.192. The fraction of sp³-hybridized carbons (Fsp3) is 0.222. The maximum absolute atomic E-state index is 12.5. The number of nitrogens with one attached hydrogen (secondary N) is 2. The highest BCUT2D eigenvalue weighted by molar-refractivity contribution is 5.97. The number of fused-ring (bicyclic) bond motifs is 1. The van der Waals surface area contributed by atoms with Gasteiger partial charge in [-0.2, -0.15) is 0 Å². The molecular weight excluding hydrogens is 292 g/mol. The summed E-state index contributed by atoms with van der Waals surface area (Å²) in [5.74, 6) is -0.472. The first-order valence-electron chi connectivity index (χ1n) is 7.49. The molecule has 0 saturated heterocycles. The molecule has 5 heteroatoms. The van der Waals surface area contributed by atoms with Crippen LogP contribution in [0.4, 0.5) is 5.69 Å². The molecule has 118 valence electrons. The smallest absolute Gasteiger partial charge is 0.251 e. The lowest BCUT2D eigenvalue weighted by atomic mass is 10.1. The summed E-state index contributed by atoms with van der Waals surface area (Å²) in [6.07, 6.45) is -0.0950. The third-order valence-corrected chi connectivity index (χ3v) is 3.94. The summed E-state index contributed by atoms with van der Waals surface area (Å²) >= 11 is 0. The maximum atomic E-state index is 12.5. The second kappa shape index (κ2) is 6.22. The molecule has 0 spiro atoms. The van der Waals surface area contributed by atoms with E-state index in [1.165, 1.54) is 6.92 Å². The molecule has 2 amide bonds. The lowest BCUT2D eigenvalue weighted by molar-refractivity contribution is -0.114. The summed E-state index contributed by atoms with van der Waals surface area (Å²) < 4.78 is 0. The Labute approximate surface area is 134 Å². The van der Waals surface area contributed by atoms with Crippen molar-refractivity contribution >= 4 is 17.5 Å². The van der Waals surface area contributed by atoms with Gasteiger partial charge in [0.1, 0.15) is 0 Å². The molecule has 1 aliphatic carbocycles. The molecule has 0 saturated carbocycles. The molecule has 0 aliphatic heterocycles. The van der Waals surface area contributed by atoms with Crippen molar-refractivity contribution in [3.63, 3.8) is 0 Å². The number of carbonyl (C=O) groups is 2. The van der Waals surface area contributed by atoms with Crippen LogP contribution in [0.2, 0.25) is 0 Å². The average Bonchev–Trinajstić information content (AvgIpc) is 2.83. The molecule has 0 heterocycles. The van der Waals surface area contributed by atoms with Crippen LogP contribution in [-0.2, 0) is 11.2 Å². The Morgan fingerprint density at radius 1 is 1.13 bits per heavy atom. The number of rotatable bonds is 3. The SMILES string of the molecule is CC(=O)Nc1cccc(C(=O)NC2c3ccccc3CC2O)c1. The van der Waals surface area contributed by atoms with Crippen LogP contribution in [-0.4, -0.2) is 23.0 Å². The molecule has 0 fully saturated rings. The van der Waals surface area contributed by atoms with Crippen LogP contribution in [0, 0.1) is 0 Å². The molecule has 0 aromatic heterocycles. The first kappa shape index (κ1) is 15.2. The van der Waals surface area contributed by atoms with Crippen molar-refractivity contribution in [2.45, 2.75) is 25.5 Å². The first-order chi connectivity index (χ1) is 11.0. The molecule has 2 atom stereocenters. The minimum Gasteiger partial charge on any atom is -0.390 e. The van der Waals surface area contributed by atoms with Gasteiger partial charge in [-0.25, -0.2) is 0 Å². The molecular formula is C18H18N2O3. The maximum Gasteiger partial charge on any atom is 0.251 e. The van der Waals surface area contributed by atoms with Crippen LogP contribution >= 0.6 is 0 Å². The van der Waals surface area contributed by atoms with Crippen molar-refractivity contribution in [2.24, 2.45) is 0 Å². The lowest BCUT2D eigenvalue weighted by Gasteiger charge is -2.18. The van der Waals surface area contributed by atoms with Gasteiger partial charge in [-0.15, -0.1) is 0 Å². The van der Waals surface area contributed by atoms with Crippen LogP contribution in [0.25, 0.3) is 0 Å². The molecule has 5 nitrogen and oxygen atoms in total. The Bertz CT molecular complexity index is 757. The van der Waals surface area contributed by atoms with E-state index in [1.54, 1.807) is 24.3 Å². The van der Waals surface area contributed by atoms with Crippen molar-refractivity contribution in [2.75, 3.05) is 5.32 Å². The Kier molecular flexibility index (Phi) is 4.12. The molecule has 0 bridgehead atoms. The quantitative estimate of drug-likeness (QED) is 0.811. The summed E-state index contributed by atoms with van der Waals surface area (Å²) in [7, 11) is 0. The van der Waals surface area contributed by atoms with Gasteiger partial charge in [0.25, 0.3) is 5.91 Å². The number of aliphatic hydroxyl groups excluding tert-OH is 1. The monoisotopic (exact) mass is 310 g/mol. The van der Waals surface area contributed by atoms with Gasteiger partial charge < -0.3 is 15.7 Å². The number of hydrogen-bond acceptors (Lipinski definition) is 3. The fourth-order valence-electron chi connectivity index (χ4n) is 2.91. The summed E-state index contributed by atoms with van der Waals surface area (Å²) in [5.41, 5.74) is 3.01. The molecule has 2 aromatic carbocycles. The number of hydrogen-bond donors (Lipinski definition) is 3. The highest BCUT2D eigenvalue weighted by Gasteiger charge is 2.32. The molecule has 23 heavy (non-hydrogen) atoms. The van der Waals surface area contributed by atoms with Crippen molar-refractivity contribution in [3.05, 3.63) is 65.2 Å². The first-order valence-corrected chi connectivity index (χ1v) is 7.49. The third kappa shape index (κ3) is 3.24. The average molecular weight is 310 g/mol. The van der Waals surface area contributed by atoms with E-state index in [1.807, 2.05) is 24.3 Å². The predicted molar refractivity (Wildman–Crippen MR) is 87.1 cm³/mol. The van der Waals surface area contributed by atoms with Gasteiger partial charge in [-0.1, -0.05) is 30.3 Å². The summed E-state index contributed by atoms with van der Waals surface area (Å²) in [6.45, 7) is 1.42. The standard InChI is InChI=1S/C18H18N2O3/c1-11(21)19-14-7-4-6-13(9-14)18(23)20-17-15-8-3-2-5-12(15)10-16(17)22/h2-9,16-17,22H,10H2,1H3,(H,19,21)(H,20,23). The van der Waals surface area contributed by atoms with E-state index in [-0.39, 0.29) is 11.8 Å². The van der Waals surface area contributed by atoms with Crippen LogP contribution in [0.5, 0.6) is 0 Å². The summed E-state index contributed by atoms with van der Waals surface area (Å²) in [4.78, 5) is 23.6. The number of anilines is 1. The molecule has 2 unspecified atom stereocenters. The second-order valence-corrected chi connectivity index (χ2v) is 5.68. The van der Waals surface area contributed by atoms with E-state index in [2.05, 4.69) is 10.6 Å². The normalized spacial score (nSPS) is 19.0. The molecule has 2 aromatic rings. The third-order valence-electron chi connectivity index (χ3n) is 3.94. The topological polar surface area (TPSA) is 78.4 Å². The van der Waals surface area contributed by atoms with Crippen molar-refractivity contribution in [1.82, 2.24) is 5.32 Å². The molecule has 3 rings (SSSR count). The number of aliphatic hydroxyl groups is 1. The van der Waals surface area contributed by atoms with Gasteiger partial charge in [-0.3, -0.25) is 9.59 Å². The summed E-state index contributed by atoms with van der Waals surface area (Å²) in [6, 6.07) is 14.0. The van der Waals surface area contributed by atoms with E-state index in [0.717, 1.165) is 11.1 Å². The van der Waals surface area contributed by atoms with E-state index < -0.39 is 12.1 Å². The highest BCUT2D eigenvalue weighted by Crippen LogP contribution is 2.31. The minimum atomic E-state index is -0.630.